The van der Waals surface area contributed by atoms with E-state index in [4.69, 9.17) is 0 Å². The summed E-state index contributed by atoms with van der Waals surface area (Å²) in [6.07, 6.45) is 1.01. The molecule has 3 rings (SSSR count). The van der Waals surface area contributed by atoms with Crippen molar-refractivity contribution in [3.63, 3.8) is 0 Å². The summed E-state index contributed by atoms with van der Waals surface area (Å²) in [7, 11) is -3.58. The second-order valence-corrected chi connectivity index (χ2v) is 11.3. The molecule has 0 bridgehead atoms. The second-order valence-electron chi connectivity index (χ2n) is 8.33. The molecule has 1 aliphatic rings. The van der Waals surface area contributed by atoms with Crippen molar-refractivity contribution < 1.29 is 22.4 Å². The molecular weight excluding hydrogens is 451 g/mol. The Kier molecular flexibility index (Phi) is 7.74. The molecule has 0 aliphatic carbocycles. The fourth-order valence-corrected chi connectivity index (χ4v) is 6.24. The largest absolute Gasteiger partial charge is 0.325 e. The van der Waals surface area contributed by atoms with Gasteiger partial charge in [0.05, 0.1) is 10.6 Å². The summed E-state index contributed by atoms with van der Waals surface area (Å²) >= 11 is 1.02. The molecule has 9 heteroatoms. The van der Waals surface area contributed by atoms with E-state index in [1.165, 1.54) is 35.5 Å². The second kappa shape index (κ2) is 10.1. The molecule has 2 aromatic rings. The van der Waals surface area contributed by atoms with Gasteiger partial charge in [-0.15, -0.1) is 11.8 Å². The number of halogens is 1. The zero-order valence-corrected chi connectivity index (χ0v) is 19.9. The lowest BCUT2D eigenvalue weighted by Gasteiger charge is -2.34. The quantitative estimate of drug-likeness (QED) is 0.470. The Morgan fingerprint density at radius 1 is 1.09 bits per heavy atom. The van der Waals surface area contributed by atoms with Crippen molar-refractivity contribution in [3.8, 4) is 0 Å². The third-order valence-corrected chi connectivity index (χ3v) is 8.20. The maximum absolute atomic E-state index is 14.1. The van der Waals surface area contributed by atoms with Crippen LogP contribution in [-0.4, -0.2) is 43.3 Å². The van der Waals surface area contributed by atoms with Crippen molar-refractivity contribution in [2.45, 2.75) is 37.0 Å². The number of benzene rings is 2. The summed E-state index contributed by atoms with van der Waals surface area (Å²) < 4.78 is 41.5. The highest BCUT2D eigenvalue weighted by atomic mass is 32.2. The van der Waals surface area contributed by atoms with Crippen molar-refractivity contribution in [2.75, 3.05) is 24.2 Å². The molecule has 1 amide bonds. The molecule has 0 saturated carbocycles. The number of amides is 1. The number of hydrogen-bond donors (Lipinski definition) is 1. The predicted octanol–water partition coefficient (Wildman–Crippen LogP) is 4.43. The molecule has 32 heavy (non-hydrogen) atoms. The normalized spacial score (nSPS) is 19.5. The summed E-state index contributed by atoms with van der Waals surface area (Å²) in [5, 5.41) is 2.69. The van der Waals surface area contributed by atoms with Crippen molar-refractivity contribution in [2.24, 2.45) is 11.8 Å². The van der Waals surface area contributed by atoms with Gasteiger partial charge >= 0.3 is 0 Å². The van der Waals surface area contributed by atoms with Crippen molar-refractivity contribution >= 4 is 39.2 Å². The lowest BCUT2D eigenvalue weighted by molar-refractivity contribution is -0.113. The first-order valence-corrected chi connectivity index (χ1v) is 12.8. The summed E-state index contributed by atoms with van der Waals surface area (Å²) in [4.78, 5) is 24.0. The molecule has 0 spiro atoms. The molecule has 1 aliphatic heterocycles. The number of ketones is 1. The van der Waals surface area contributed by atoms with E-state index >= 15 is 0 Å². The SMILES string of the molecule is CC(=O)c1ccc(SCC(=O)Nc2ccc(S(=O)(=O)N3CC(C)CC(C)C3)cc2)c(F)c1. The van der Waals surface area contributed by atoms with Crippen molar-refractivity contribution in [1.82, 2.24) is 4.31 Å². The molecule has 0 radical (unpaired) electrons. The number of sulfonamides is 1. The van der Waals surface area contributed by atoms with Gasteiger partial charge in [-0.3, -0.25) is 9.59 Å². The highest BCUT2D eigenvalue weighted by Gasteiger charge is 2.31. The van der Waals surface area contributed by atoms with Crippen LogP contribution in [0.25, 0.3) is 0 Å². The number of carbonyl (C=O) groups is 2. The van der Waals surface area contributed by atoms with Gasteiger partial charge < -0.3 is 5.32 Å². The predicted molar refractivity (Wildman–Crippen MR) is 124 cm³/mol. The van der Waals surface area contributed by atoms with Crippen LogP contribution >= 0.6 is 11.8 Å². The van der Waals surface area contributed by atoms with Gasteiger partial charge in [0.25, 0.3) is 0 Å². The van der Waals surface area contributed by atoms with Crippen LogP contribution in [0.4, 0.5) is 10.1 Å². The monoisotopic (exact) mass is 478 g/mol. The van der Waals surface area contributed by atoms with Crippen LogP contribution in [0, 0.1) is 17.7 Å². The highest BCUT2D eigenvalue weighted by molar-refractivity contribution is 8.00. The first kappa shape index (κ1) is 24.4. The summed E-state index contributed by atoms with van der Waals surface area (Å²) in [6.45, 7) is 6.48. The van der Waals surface area contributed by atoms with Crippen LogP contribution in [-0.2, 0) is 14.8 Å². The van der Waals surface area contributed by atoms with Gasteiger partial charge in [-0.1, -0.05) is 19.9 Å². The third kappa shape index (κ3) is 5.96. The van der Waals surface area contributed by atoms with E-state index in [1.807, 2.05) is 0 Å². The number of nitrogens with one attached hydrogen (secondary N) is 1. The van der Waals surface area contributed by atoms with E-state index in [2.05, 4.69) is 19.2 Å². The van der Waals surface area contributed by atoms with E-state index in [0.29, 0.717) is 30.6 Å². The molecule has 1 saturated heterocycles. The molecule has 2 unspecified atom stereocenters. The highest BCUT2D eigenvalue weighted by Crippen LogP contribution is 2.27. The summed E-state index contributed by atoms with van der Waals surface area (Å²) in [5.74, 6) is -0.528. The smallest absolute Gasteiger partial charge is 0.243 e. The number of rotatable bonds is 7. The molecule has 2 aromatic carbocycles. The van der Waals surface area contributed by atoms with Gasteiger partial charge in [0.2, 0.25) is 15.9 Å². The fraction of sp³-hybridized carbons (Fsp3) is 0.391. The van der Waals surface area contributed by atoms with Crippen LogP contribution in [0.2, 0.25) is 0 Å². The maximum atomic E-state index is 14.1. The topological polar surface area (TPSA) is 83.5 Å². The molecular formula is C23H27FN2O4S2. The number of piperidine rings is 1. The van der Waals surface area contributed by atoms with Gasteiger partial charge in [0.15, 0.2) is 5.78 Å². The van der Waals surface area contributed by atoms with Gasteiger partial charge in [-0.25, -0.2) is 12.8 Å². The Bertz CT molecular complexity index is 1090. The van der Waals surface area contributed by atoms with Gasteiger partial charge in [-0.05, 0) is 61.6 Å². The Balaban J connectivity index is 1.59. The van der Waals surface area contributed by atoms with E-state index in [9.17, 15) is 22.4 Å². The van der Waals surface area contributed by atoms with E-state index in [0.717, 1.165) is 24.2 Å². The zero-order valence-electron chi connectivity index (χ0n) is 18.3. The minimum atomic E-state index is -3.58. The molecule has 1 fully saturated rings. The van der Waals surface area contributed by atoms with E-state index in [1.54, 1.807) is 12.1 Å². The number of carbonyl (C=O) groups excluding carboxylic acids is 2. The van der Waals surface area contributed by atoms with Crippen LogP contribution in [0.15, 0.2) is 52.3 Å². The van der Waals surface area contributed by atoms with Crippen molar-refractivity contribution in [3.05, 3.63) is 53.8 Å². The van der Waals surface area contributed by atoms with E-state index in [-0.39, 0.29) is 32.8 Å². The van der Waals surface area contributed by atoms with Crippen molar-refractivity contribution in [1.29, 1.82) is 0 Å². The minimum absolute atomic E-state index is 0.0278. The van der Waals surface area contributed by atoms with Gasteiger partial charge in [0.1, 0.15) is 5.82 Å². The molecule has 172 valence electrons. The van der Waals surface area contributed by atoms with Gasteiger partial charge in [-0.2, -0.15) is 4.31 Å². The molecule has 6 nitrogen and oxygen atoms in total. The Morgan fingerprint density at radius 2 is 1.72 bits per heavy atom. The fourth-order valence-electron chi connectivity index (χ4n) is 3.84. The molecule has 1 N–H and O–H groups in total. The number of Topliss-reactive ketones (excluding diaryl/α,β-unsaturated/α-hetero) is 1. The van der Waals surface area contributed by atoms with E-state index < -0.39 is 15.8 Å². The zero-order chi connectivity index (χ0) is 23.5. The number of hydrogen-bond acceptors (Lipinski definition) is 5. The van der Waals surface area contributed by atoms with Gasteiger partial charge in [0, 0.05) is 29.2 Å². The lowest BCUT2D eigenvalue weighted by atomic mass is 9.94. The standard InChI is InChI=1S/C23H27FN2O4S2/c1-15-10-16(2)13-26(12-15)32(29,30)20-7-5-19(6-8-20)25-23(28)14-31-22-9-4-18(17(3)27)11-21(22)24/h4-9,11,15-16H,10,12-14H2,1-3H3,(H,25,28). The Hall–Kier alpha value is -2.23. The number of thioether (sulfide) groups is 1. The first-order chi connectivity index (χ1) is 15.1. The summed E-state index contributed by atoms with van der Waals surface area (Å²) in [6, 6.07) is 10.2. The number of nitrogens with zero attached hydrogens (tertiary/aromatic N) is 1. The average molecular weight is 479 g/mol. The minimum Gasteiger partial charge on any atom is -0.325 e. The first-order valence-electron chi connectivity index (χ1n) is 10.4. The van der Waals surface area contributed by atoms with Crippen LogP contribution in [0.5, 0.6) is 0 Å². The lowest BCUT2D eigenvalue weighted by Crippen LogP contribution is -2.42. The number of anilines is 1. The summed E-state index contributed by atoms with van der Waals surface area (Å²) in [5.41, 5.74) is 0.738. The van der Waals surface area contributed by atoms with Crippen LogP contribution in [0.1, 0.15) is 37.6 Å². The average Bonchev–Trinajstić information content (AvgIpc) is 2.72. The Labute approximate surface area is 192 Å². The molecule has 1 heterocycles. The molecule has 0 aromatic heterocycles. The maximum Gasteiger partial charge on any atom is 0.243 e. The Morgan fingerprint density at radius 3 is 2.28 bits per heavy atom. The van der Waals surface area contributed by atoms with Crippen LogP contribution < -0.4 is 5.32 Å². The third-order valence-electron chi connectivity index (χ3n) is 5.31. The molecule has 2 atom stereocenters. The van der Waals surface area contributed by atoms with Crippen LogP contribution in [0.3, 0.4) is 0 Å².